The summed E-state index contributed by atoms with van der Waals surface area (Å²) >= 11 is 1.78. The van der Waals surface area contributed by atoms with Gasteiger partial charge in [-0.2, -0.15) is 0 Å². The number of ether oxygens (including phenoxy) is 1. The van der Waals surface area contributed by atoms with Crippen LogP contribution >= 0.6 is 11.8 Å². The molecule has 9 heteroatoms. The maximum Gasteiger partial charge on any atom is 0.325 e. The van der Waals surface area contributed by atoms with E-state index in [1.54, 1.807) is 29.8 Å². The molecule has 0 spiro atoms. The molecule has 0 radical (unpaired) electrons. The topological polar surface area (TPSA) is 106 Å². The van der Waals surface area contributed by atoms with Crippen LogP contribution in [0.3, 0.4) is 0 Å². The minimum absolute atomic E-state index is 0.207. The Kier molecular flexibility index (Phi) is 6.32. The molecule has 0 saturated carbocycles. The highest BCUT2D eigenvalue weighted by molar-refractivity contribution is 7.99. The molecule has 0 fully saturated rings. The van der Waals surface area contributed by atoms with Crippen molar-refractivity contribution in [2.75, 3.05) is 7.11 Å². The number of nitrogens with one attached hydrogen (secondary N) is 2. The van der Waals surface area contributed by atoms with Gasteiger partial charge >= 0.3 is 5.69 Å². The Hall–Kier alpha value is -3.59. The summed E-state index contributed by atoms with van der Waals surface area (Å²) in [5, 5.41) is 8.44. The van der Waals surface area contributed by atoms with Crippen molar-refractivity contribution in [3.05, 3.63) is 93.4 Å². The van der Waals surface area contributed by atoms with Gasteiger partial charge in [0.2, 0.25) is 0 Å². The lowest BCUT2D eigenvalue weighted by Crippen LogP contribution is -2.22. The molecule has 31 heavy (non-hydrogen) atoms. The lowest BCUT2D eigenvalue weighted by Gasteiger charge is -2.17. The molecule has 0 saturated heterocycles. The smallest absolute Gasteiger partial charge is 0.325 e. The molecule has 0 bridgehead atoms. The number of aromatic amines is 2. The van der Waals surface area contributed by atoms with Crippen LogP contribution < -0.4 is 16.0 Å². The van der Waals surface area contributed by atoms with Gasteiger partial charge in [0.05, 0.1) is 18.9 Å². The molecule has 2 heterocycles. The molecule has 2 N–H and O–H groups in total. The average Bonchev–Trinajstić information content (AvgIpc) is 3.26. The highest BCUT2D eigenvalue weighted by Crippen LogP contribution is 2.38. The third-order valence-corrected chi connectivity index (χ3v) is 6.10. The lowest BCUT2D eigenvalue weighted by molar-refractivity contribution is 0.414. The second kappa shape index (κ2) is 9.48. The van der Waals surface area contributed by atoms with Gasteiger partial charge in [-0.05, 0) is 36.2 Å². The molecule has 8 nitrogen and oxygen atoms in total. The van der Waals surface area contributed by atoms with Crippen LogP contribution in [0.15, 0.2) is 81.5 Å². The van der Waals surface area contributed by atoms with E-state index < -0.39 is 11.2 Å². The number of H-pyrrole nitrogens is 2. The molecule has 1 atom stereocenters. The normalized spacial score (nSPS) is 11.9. The molecular formula is C22H21N5O3S. The van der Waals surface area contributed by atoms with Crippen LogP contribution in [0.25, 0.3) is 11.3 Å². The summed E-state index contributed by atoms with van der Waals surface area (Å²) in [7, 11) is 1.65. The number of hydrogen-bond acceptors (Lipinski definition) is 6. The third kappa shape index (κ3) is 5.13. The van der Waals surface area contributed by atoms with Crippen molar-refractivity contribution in [2.24, 2.45) is 0 Å². The summed E-state index contributed by atoms with van der Waals surface area (Å²) in [6.07, 6.45) is 3.87. The Morgan fingerprint density at radius 1 is 1.10 bits per heavy atom. The largest absolute Gasteiger partial charge is 0.497 e. The molecule has 4 rings (SSSR count). The first-order valence-corrected chi connectivity index (χ1v) is 10.6. The lowest BCUT2D eigenvalue weighted by atomic mass is 10.1. The fourth-order valence-electron chi connectivity index (χ4n) is 3.16. The molecule has 4 aromatic rings. The Bertz CT molecular complexity index is 1250. The van der Waals surface area contributed by atoms with Crippen molar-refractivity contribution in [3.63, 3.8) is 0 Å². The van der Waals surface area contributed by atoms with Gasteiger partial charge in [0, 0.05) is 22.9 Å². The number of thioether (sulfide) groups is 1. The van der Waals surface area contributed by atoms with Crippen molar-refractivity contribution in [3.8, 4) is 17.0 Å². The maximum absolute atomic E-state index is 12.0. The van der Waals surface area contributed by atoms with Crippen molar-refractivity contribution in [1.29, 1.82) is 0 Å². The molecule has 0 aliphatic heterocycles. The van der Waals surface area contributed by atoms with Gasteiger partial charge in [0.25, 0.3) is 5.56 Å². The van der Waals surface area contributed by atoms with E-state index >= 15 is 0 Å². The minimum atomic E-state index is -0.553. The average molecular weight is 436 g/mol. The van der Waals surface area contributed by atoms with Crippen molar-refractivity contribution >= 4 is 11.8 Å². The summed E-state index contributed by atoms with van der Waals surface area (Å²) in [5.41, 5.74) is 0.866. The van der Waals surface area contributed by atoms with Gasteiger partial charge in [-0.15, -0.1) is 16.9 Å². The first-order valence-electron chi connectivity index (χ1n) is 9.70. The predicted octanol–water partition coefficient (Wildman–Crippen LogP) is 3.25. The Balaban J connectivity index is 1.50. The van der Waals surface area contributed by atoms with E-state index in [9.17, 15) is 9.59 Å². The zero-order chi connectivity index (χ0) is 21.6. The molecular weight excluding hydrogens is 414 g/mol. The van der Waals surface area contributed by atoms with E-state index in [2.05, 4.69) is 44.5 Å². The van der Waals surface area contributed by atoms with E-state index in [0.717, 1.165) is 17.1 Å². The Morgan fingerprint density at radius 2 is 1.87 bits per heavy atom. The van der Waals surface area contributed by atoms with E-state index in [1.165, 1.54) is 11.8 Å². The van der Waals surface area contributed by atoms with Crippen LogP contribution in [0.2, 0.25) is 0 Å². The zero-order valence-corrected chi connectivity index (χ0v) is 17.6. The second-order valence-corrected chi connectivity index (χ2v) is 8.11. The van der Waals surface area contributed by atoms with Crippen molar-refractivity contribution in [1.82, 2.24) is 25.0 Å². The van der Waals surface area contributed by atoms with Gasteiger partial charge in [-0.25, -0.2) is 4.79 Å². The van der Waals surface area contributed by atoms with Gasteiger partial charge in [0.15, 0.2) is 0 Å². The summed E-state index contributed by atoms with van der Waals surface area (Å²) in [5.74, 6) is 0.827. The number of aromatic nitrogens is 5. The standard InChI is InChI=1S/C22H21N5O3S/c1-30-16-7-9-17(10-8-16)31-20(15-5-3-2-4-6-15)11-12-27-14-19(25-26-27)18-13-23-22(29)24-21(18)28/h2-10,13-14,20H,11-12H2,1H3,(H2,23,24,28,29). The molecule has 2 aromatic heterocycles. The van der Waals surface area contributed by atoms with Crippen LogP contribution in [0.5, 0.6) is 5.75 Å². The molecule has 1 unspecified atom stereocenters. The molecule has 0 aliphatic carbocycles. The van der Waals surface area contributed by atoms with Crippen LogP contribution in [0.1, 0.15) is 17.2 Å². The van der Waals surface area contributed by atoms with Crippen LogP contribution in [-0.2, 0) is 6.54 Å². The number of methoxy groups -OCH3 is 1. The second-order valence-electron chi connectivity index (χ2n) is 6.83. The Labute approximate surface area is 182 Å². The van der Waals surface area contributed by atoms with E-state index in [0.29, 0.717) is 12.2 Å². The van der Waals surface area contributed by atoms with E-state index in [1.807, 2.05) is 30.3 Å². The van der Waals surface area contributed by atoms with Crippen molar-refractivity contribution < 1.29 is 4.74 Å². The SMILES string of the molecule is COc1ccc(SC(CCn2cc(-c3c[nH]c(=O)[nH]c3=O)nn2)c2ccccc2)cc1. The zero-order valence-electron chi connectivity index (χ0n) is 16.8. The maximum atomic E-state index is 12.0. The summed E-state index contributed by atoms with van der Waals surface area (Å²) in [6.45, 7) is 0.622. The van der Waals surface area contributed by atoms with Gasteiger partial charge in [0.1, 0.15) is 11.4 Å². The van der Waals surface area contributed by atoms with Crippen molar-refractivity contribution in [2.45, 2.75) is 23.1 Å². The van der Waals surface area contributed by atoms with Crippen LogP contribution in [0, 0.1) is 0 Å². The van der Waals surface area contributed by atoms with Gasteiger partial charge in [-0.1, -0.05) is 35.5 Å². The number of hydrogen-bond donors (Lipinski definition) is 2. The highest BCUT2D eigenvalue weighted by Gasteiger charge is 2.15. The molecule has 0 aliphatic rings. The van der Waals surface area contributed by atoms with E-state index in [4.69, 9.17) is 4.74 Å². The number of aryl methyl sites for hydroxylation is 1. The number of rotatable bonds is 8. The fourth-order valence-corrected chi connectivity index (χ4v) is 4.30. The summed E-state index contributed by atoms with van der Waals surface area (Å²) < 4.78 is 6.96. The van der Waals surface area contributed by atoms with Crippen LogP contribution in [-0.4, -0.2) is 32.1 Å². The van der Waals surface area contributed by atoms with E-state index in [-0.39, 0.29) is 10.8 Å². The Morgan fingerprint density at radius 3 is 2.58 bits per heavy atom. The predicted molar refractivity (Wildman–Crippen MR) is 119 cm³/mol. The monoisotopic (exact) mass is 435 g/mol. The number of benzene rings is 2. The third-order valence-electron chi connectivity index (χ3n) is 4.76. The van der Waals surface area contributed by atoms with Gasteiger partial charge < -0.3 is 9.72 Å². The number of nitrogens with zero attached hydrogens (tertiary/aromatic N) is 3. The quantitative estimate of drug-likeness (QED) is 0.412. The molecule has 158 valence electrons. The highest BCUT2D eigenvalue weighted by atomic mass is 32.2. The first kappa shape index (κ1) is 20.7. The minimum Gasteiger partial charge on any atom is -0.497 e. The summed E-state index contributed by atoms with van der Waals surface area (Å²) in [4.78, 5) is 29.0. The van der Waals surface area contributed by atoms with Crippen LogP contribution in [0.4, 0.5) is 0 Å². The molecule has 2 aromatic carbocycles. The van der Waals surface area contributed by atoms with Gasteiger partial charge in [-0.3, -0.25) is 14.5 Å². The first-order chi connectivity index (χ1) is 15.1. The summed E-state index contributed by atoms with van der Waals surface area (Å²) in [6, 6.07) is 18.3. The fraction of sp³-hybridized carbons (Fsp3) is 0.182. The molecule has 0 amide bonds.